The van der Waals surface area contributed by atoms with E-state index in [1.807, 2.05) is 32.0 Å². The molecule has 4 nitrogen and oxygen atoms in total. The molecule has 0 aliphatic carbocycles. The number of hydrogen-bond acceptors (Lipinski definition) is 3. The number of hydrogen-bond donors (Lipinski definition) is 2. The van der Waals surface area contributed by atoms with Crippen LogP contribution < -0.4 is 15.8 Å². The maximum Gasteiger partial charge on any atom is 0.257 e. The summed E-state index contributed by atoms with van der Waals surface area (Å²) in [6, 6.07) is 10.9. The molecule has 4 heteroatoms. The fourth-order valence-corrected chi connectivity index (χ4v) is 1.93. The number of benzene rings is 2. The van der Waals surface area contributed by atoms with E-state index in [0.717, 1.165) is 16.8 Å². The van der Waals surface area contributed by atoms with Crippen LogP contribution in [0, 0.1) is 13.8 Å². The summed E-state index contributed by atoms with van der Waals surface area (Å²) in [4.78, 5) is 12.3. The molecule has 0 aliphatic heterocycles. The molecule has 0 radical (unpaired) electrons. The third-order valence-electron chi connectivity index (χ3n) is 3.14. The molecule has 2 aromatic carbocycles. The summed E-state index contributed by atoms with van der Waals surface area (Å²) >= 11 is 0. The lowest BCUT2D eigenvalue weighted by Crippen LogP contribution is -2.15. The Morgan fingerprint density at radius 3 is 2.55 bits per heavy atom. The number of carbonyl (C=O) groups is 1. The Hall–Kier alpha value is -2.49. The Morgan fingerprint density at radius 1 is 1.15 bits per heavy atom. The number of rotatable bonds is 3. The average Bonchev–Trinajstić information content (AvgIpc) is 2.42. The van der Waals surface area contributed by atoms with Gasteiger partial charge in [0, 0.05) is 17.4 Å². The second-order valence-corrected chi connectivity index (χ2v) is 4.73. The van der Waals surface area contributed by atoms with E-state index in [-0.39, 0.29) is 5.91 Å². The molecule has 0 fully saturated rings. The van der Waals surface area contributed by atoms with Gasteiger partial charge < -0.3 is 15.8 Å². The third kappa shape index (κ3) is 2.91. The topological polar surface area (TPSA) is 64.3 Å². The lowest BCUT2D eigenvalue weighted by atomic mass is 10.1. The zero-order chi connectivity index (χ0) is 14.7. The van der Waals surface area contributed by atoms with Gasteiger partial charge in [0.15, 0.2) is 0 Å². The van der Waals surface area contributed by atoms with E-state index >= 15 is 0 Å². The second kappa shape index (κ2) is 5.65. The number of nitrogens with one attached hydrogen (secondary N) is 1. The van der Waals surface area contributed by atoms with Crippen LogP contribution in [0.25, 0.3) is 0 Å². The normalized spacial score (nSPS) is 10.2. The highest BCUT2D eigenvalue weighted by Crippen LogP contribution is 2.22. The van der Waals surface area contributed by atoms with Crippen molar-refractivity contribution in [2.75, 3.05) is 18.2 Å². The number of methoxy groups -OCH3 is 1. The number of nitrogens with two attached hydrogens (primary N) is 1. The van der Waals surface area contributed by atoms with Gasteiger partial charge in [-0.2, -0.15) is 0 Å². The van der Waals surface area contributed by atoms with Crippen molar-refractivity contribution >= 4 is 17.3 Å². The van der Waals surface area contributed by atoms with Crippen molar-refractivity contribution in [2.24, 2.45) is 0 Å². The molecule has 3 N–H and O–H groups in total. The van der Waals surface area contributed by atoms with Crippen LogP contribution in [-0.4, -0.2) is 13.0 Å². The fourth-order valence-electron chi connectivity index (χ4n) is 1.93. The summed E-state index contributed by atoms with van der Waals surface area (Å²) in [6.45, 7) is 3.93. The van der Waals surface area contributed by atoms with Gasteiger partial charge in [-0.15, -0.1) is 0 Å². The largest absolute Gasteiger partial charge is 0.497 e. The number of anilines is 2. The molecular weight excluding hydrogens is 252 g/mol. The molecule has 20 heavy (non-hydrogen) atoms. The fraction of sp³-hybridized carbons (Fsp3) is 0.188. The van der Waals surface area contributed by atoms with Gasteiger partial charge in [-0.3, -0.25) is 4.79 Å². The Kier molecular flexibility index (Phi) is 3.94. The van der Waals surface area contributed by atoms with E-state index in [2.05, 4.69) is 5.32 Å². The first-order chi connectivity index (χ1) is 9.51. The SMILES string of the molecule is COc1ccc(C(=O)Nc2cc(C)ccc2C)c(N)c1. The predicted octanol–water partition coefficient (Wildman–Crippen LogP) is 3.15. The molecule has 104 valence electrons. The van der Waals surface area contributed by atoms with Gasteiger partial charge in [-0.1, -0.05) is 12.1 Å². The van der Waals surface area contributed by atoms with Crippen LogP contribution in [0.1, 0.15) is 21.5 Å². The number of carbonyl (C=O) groups excluding carboxylic acids is 1. The maximum absolute atomic E-state index is 12.3. The predicted molar refractivity (Wildman–Crippen MR) is 81.3 cm³/mol. The van der Waals surface area contributed by atoms with Crippen molar-refractivity contribution in [1.82, 2.24) is 0 Å². The van der Waals surface area contributed by atoms with Crippen molar-refractivity contribution in [2.45, 2.75) is 13.8 Å². The van der Waals surface area contributed by atoms with Crippen LogP contribution in [0.5, 0.6) is 5.75 Å². The molecule has 0 heterocycles. The molecule has 0 spiro atoms. The molecule has 0 bridgehead atoms. The van der Waals surface area contributed by atoms with Crippen molar-refractivity contribution in [1.29, 1.82) is 0 Å². The minimum Gasteiger partial charge on any atom is -0.497 e. The van der Waals surface area contributed by atoms with E-state index in [4.69, 9.17) is 10.5 Å². The highest BCUT2D eigenvalue weighted by atomic mass is 16.5. The first kappa shape index (κ1) is 13.9. The van der Waals surface area contributed by atoms with Crippen LogP contribution in [-0.2, 0) is 0 Å². The third-order valence-corrected chi connectivity index (χ3v) is 3.14. The Bertz CT molecular complexity index is 651. The van der Waals surface area contributed by atoms with Crippen LogP contribution >= 0.6 is 0 Å². The van der Waals surface area contributed by atoms with E-state index in [1.54, 1.807) is 25.3 Å². The first-order valence-corrected chi connectivity index (χ1v) is 6.33. The molecule has 0 aliphatic rings. The molecular formula is C16H18N2O2. The Morgan fingerprint density at radius 2 is 1.90 bits per heavy atom. The van der Waals surface area contributed by atoms with E-state index < -0.39 is 0 Å². The highest BCUT2D eigenvalue weighted by Gasteiger charge is 2.12. The molecule has 2 aromatic rings. The number of nitrogen functional groups attached to an aromatic ring is 1. The number of aryl methyl sites for hydroxylation is 2. The molecule has 2 rings (SSSR count). The van der Waals surface area contributed by atoms with Crippen LogP contribution in [0.15, 0.2) is 36.4 Å². The van der Waals surface area contributed by atoms with Gasteiger partial charge in [-0.25, -0.2) is 0 Å². The maximum atomic E-state index is 12.3. The van der Waals surface area contributed by atoms with Gasteiger partial charge in [-0.05, 0) is 43.2 Å². The minimum atomic E-state index is -0.223. The van der Waals surface area contributed by atoms with E-state index in [1.165, 1.54) is 0 Å². The van der Waals surface area contributed by atoms with Crippen LogP contribution in [0.2, 0.25) is 0 Å². The van der Waals surface area contributed by atoms with Crippen molar-refractivity contribution in [3.63, 3.8) is 0 Å². The van der Waals surface area contributed by atoms with Crippen molar-refractivity contribution in [3.05, 3.63) is 53.1 Å². The highest BCUT2D eigenvalue weighted by molar-refractivity contribution is 6.08. The smallest absolute Gasteiger partial charge is 0.257 e. The lowest BCUT2D eigenvalue weighted by Gasteiger charge is -2.11. The summed E-state index contributed by atoms with van der Waals surface area (Å²) in [6.07, 6.45) is 0. The zero-order valence-electron chi connectivity index (χ0n) is 11.9. The van der Waals surface area contributed by atoms with Crippen LogP contribution in [0.4, 0.5) is 11.4 Å². The summed E-state index contributed by atoms with van der Waals surface area (Å²) in [5.74, 6) is 0.407. The van der Waals surface area contributed by atoms with Crippen molar-refractivity contribution in [3.8, 4) is 5.75 Å². The Balaban J connectivity index is 2.26. The minimum absolute atomic E-state index is 0.223. The van der Waals surface area contributed by atoms with Crippen LogP contribution in [0.3, 0.4) is 0 Å². The molecule has 0 saturated carbocycles. The molecule has 0 saturated heterocycles. The number of ether oxygens (including phenoxy) is 1. The molecule has 0 unspecified atom stereocenters. The van der Waals surface area contributed by atoms with E-state index in [9.17, 15) is 4.79 Å². The number of amides is 1. The second-order valence-electron chi connectivity index (χ2n) is 4.73. The Labute approximate surface area is 118 Å². The monoisotopic (exact) mass is 270 g/mol. The summed E-state index contributed by atoms with van der Waals surface area (Å²) in [5.41, 5.74) is 9.61. The summed E-state index contributed by atoms with van der Waals surface area (Å²) < 4.78 is 5.07. The molecule has 0 atom stereocenters. The van der Waals surface area contributed by atoms with Gasteiger partial charge >= 0.3 is 0 Å². The van der Waals surface area contributed by atoms with Gasteiger partial charge in [0.1, 0.15) is 5.75 Å². The first-order valence-electron chi connectivity index (χ1n) is 6.33. The summed E-state index contributed by atoms with van der Waals surface area (Å²) in [7, 11) is 1.56. The standard InChI is InChI=1S/C16H18N2O2/c1-10-4-5-11(2)15(8-10)18-16(19)13-7-6-12(20-3)9-14(13)17/h4-9H,17H2,1-3H3,(H,18,19). The quantitative estimate of drug-likeness (QED) is 0.842. The van der Waals surface area contributed by atoms with Gasteiger partial charge in [0.25, 0.3) is 5.91 Å². The molecule has 1 amide bonds. The zero-order valence-corrected chi connectivity index (χ0v) is 11.9. The molecule has 0 aromatic heterocycles. The van der Waals surface area contributed by atoms with Gasteiger partial charge in [0.05, 0.1) is 12.7 Å². The van der Waals surface area contributed by atoms with Gasteiger partial charge in [0.2, 0.25) is 0 Å². The lowest BCUT2D eigenvalue weighted by molar-refractivity contribution is 0.102. The van der Waals surface area contributed by atoms with E-state index in [0.29, 0.717) is 17.0 Å². The summed E-state index contributed by atoms with van der Waals surface area (Å²) in [5, 5.41) is 2.89. The van der Waals surface area contributed by atoms with Crippen molar-refractivity contribution < 1.29 is 9.53 Å². The average molecular weight is 270 g/mol.